The van der Waals surface area contributed by atoms with Gasteiger partial charge >= 0.3 is 0 Å². The molecule has 1 saturated carbocycles. The Morgan fingerprint density at radius 3 is 2.55 bits per heavy atom. The summed E-state index contributed by atoms with van der Waals surface area (Å²) in [6.07, 6.45) is 0.126. The number of benzene rings is 1. The minimum atomic E-state index is -1.62. The first kappa shape index (κ1) is 21.4. The molecule has 1 heterocycles. The first-order chi connectivity index (χ1) is 13.7. The van der Waals surface area contributed by atoms with Gasteiger partial charge in [0.2, 0.25) is 0 Å². The van der Waals surface area contributed by atoms with Crippen molar-refractivity contribution < 1.29 is 18.1 Å². The van der Waals surface area contributed by atoms with Crippen molar-refractivity contribution in [1.29, 1.82) is 0 Å². The minimum Gasteiger partial charge on any atom is -0.390 e. The van der Waals surface area contributed by atoms with E-state index in [-0.39, 0.29) is 23.5 Å². The van der Waals surface area contributed by atoms with E-state index in [1.165, 1.54) is 17.7 Å². The number of nitrogens with zero attached hydrogens (tertiary/aromatic N) is 1. The second-order valence-electron chi connectivity index (χ2n) is 7.63. The van der Waals surface area contributed by atoms with E-state index in [4.69, 9.17) is 0 Å². The average Bonchev–Trinajstić information content (AvgIpc) is 3.45. The van der Waals surface area contributed by atoms with E-state index >= 15 is 0 Å². The van der Waals surface area contributed by atoms with E-state index < -0.39 is 34.3 Å². The monoisotopic (exact) mass is 425 g/mol. The molecule has 29 heavy (non-hydrogen) atoms. The Kier molecular flexibility index (Phi) is 6.09. The smallest absolute Gasteiger partial charge is 0.254 e. The highest BCUT2D eigenvalue weighted by Gasteiger charge is 2.50. The number of anilines is 3. The molecule has 1 fully saturated rings. The molecule has 0 bridgehead atoms. The summed E-state index contributed by atoms with van der Waals surface area (Å²) in [5.74, 6) is -0.214. The molecule has 1 aliphatic rings. The number of aliphatic hydroxyl groups is 1. The third kappa shape index (κ3) is 4.51. The Balaban J connectivity index is 1.94. The molecule has 0 spiro atoms. The molecule has 9 heteroatoms. The van der Waals surface area contributed by atoms with Crippen molar-refractivity contribution in [3.63, 3.8) is 0 Å². The molecule has 3 rings (SSSR count). The zero-order chi connectivity index (χ0) is 21.3. The molecule has 1 aliphatic carbocycles. The summed E-state index contributed by atoms with van der Waals surface area (Å²) in [6.45, 7) is 2.51. The van der Waals surface area contributed by atoms with Crippen LogP contribution in [0.4, 0.5) is 26.0 Å². The highest BCUT2D eigenvalue weighted by molar-refractivity contribution is 7.88. The number of aryl methyl sites for hydroxylation is 2. The van der Waals surface area contributed by atoms with Gasteiger partial charge in [0.1, 0.15) is 29.3 Å². The number of hydrogen-bond acceptors (Lipinski definition) is 4. The predicted octanol–water partition coefficient (Wildman–Crippen LogP) is 3.21. The van der Waals surface area contributed by atoms with Gasteiger partial charge in [-0.2, -0.15) is 0 Å². The lowest BCUT2D eigenvalue weighted by molar-refractivity contribution is 0.128. The molecule has 3 N–H and O–H groups in total. The van der Waals surface area contributed by atoms with Crippen molar-refractivity contribution >= 4 is 28.2 Å². The number of rotatable bonds is 8. The second-order valence-corrected chi connectivity index (χ2v) is 9.24. The zero-order valence-electron chi connectivity index (χ0n) is 16.6. The summed E-state index contributed by atoms with van der Waals surface area (Å²) >= 11 is 0. The van der Waals surface area contributed by atoms with Gasteiger partial charge in [0.05, 0.1) is 22.2 Å². The van der Waals surface area contributed by atoms with Crippen molar-refractivity contribution in [3.8, 4) is 0 Å². The first-order valence-corrected chi connectivity index (χ1v) is 10.5. The van der Waals surface area contributed by atoms with Crippen molar-refractivity contribution in [2.45, 2.75) is 44.0 Å². The molecule has 0 aliphatic heterocycles. The molecule has 158 valence electrons. The summed E-state index contributed by atoms with van der Waals surface area (Å²) in [6, 6.07) is 6.23. The molecule has 2 aromatic rings. The summed E-state index contributed by atoms with van der Waals surface area (Å²) in [7, 11) is -0.0794. The van der Waals surface area contributed by atoms with E-state index in [0.29, 0.717) is 24.1 Å². The van der Waals surface area contributed by atoms with Crippen LogP contribution in [0.2, 0.25) is 0 Å². The van der Waals surface area contributed by atoms with E-state index in [9.17, 15) is 22.9 Å². The van der Waals surface area contributed by atoms with Crippen LogP contribution in [0.1, 0.15) is 30.4 Å². The lowest BCUT2D eigenvalue weighted by Gasteiger charge is -2.22. The molecule has 0 amide bonds. The summed E-state index contributed by atoms with van der Waals surface area (Å²) in [4.78, 5) is 12.4. The highest BCUT2D eigenvalue weighted by Crippen LogP contribution is 2.46. The lowest BCUT2D eigenvalue weighted by atomic mass is 10.2. The van der Waals surface area contributed by atoms with Crippen molar-refractivity contribution in [1.82, 2.24) is 4.57 Å². The average molecular weight is 426 g/mol. The standard InChI is InChI=1S/C20H25F2N3O3S/c1-12-4-5-16(15(22)8-12)23-18-17(9-13(2)19(27)25(18)3)24-29(28)20(6-7-20)10-14(26)11-21/h4-5,8-9,14,23-24,26H,6-7,10-11H2,1-3H3. The largest absolute Gasteiger partial charge is 0.390 e. The van der Waals surface area contributed by atoms with Crippen LogP contribution in [0.3, 0.4) is 0 Å². The van der Waals surface area contributed by atoms with E-state index in [0.717, 1.165) is 5.56 Å². The quantitative estimate of drug-likeness (QED) is 0.607. The Morgan fingerprint density at radius 2 is 1.97 bits per heavy atom. The van der Waals surface area contributed by atoms with Gasteiger partial charge in [0.15, 0.2) is 0 Å². The molecule has 1 aromatic heterocycles. The number of aliphatic hydroxyl groups excluding tert-OH is 1. The Hall–Kier alpha value is -2.26. The number of halogens is 2. The number of nitrogens with one attached hydrogen (secondary N) is 2. The highest BCUT2D eigenvalue weighted by atomic mass is 32.2. The van der Waals surface area contributed by atoms with Crippen LogP contribution in [-0.2, 0) is 18.0 Å². The fourth-order valence-corrected chi connectivity index (χ4v) is 4.66. The minimum absolute atomic E-state index is 0.0865. The Bertz CT molecular complexity index is 1010. The van der Waals surface area contributed by atoms with Crippen LogP contribution in [0, 0.1) is 19.7 Å². The number of alkyl halides is 1. The van der Waals surface area contributed by atoms with Gasteiger partial charge in [-0.05, 0) is 56.9 Å². The number of aromatic nitrogens is 1. The maximum absolute atomic E-state index is 14.3. The van der Waals surface area contributed by atoms with Gasteiger partial charge in [0, 0.05) is 12.6 Å². The molecule has 0 saturated heterocycles. The van der Waals surface area contributed by atoms with Gasteiger partial charge < -0.3 is 15.1 Å². The van der Waals surface area contributed by atoms with Crippen LogP contribution in [0.25, 0.3) is 0 Å². The lowest BCUT2D eigenvalue weighted by Crippen LogP contribution is -2.30. The summed E-state index contributed by atoms with van der Waals surface area (Å²) < 4.78 is 43.5. The van der Waals surface area contributed by atoms with Crippen LogP contribution < -0.4 is 15.6 Å². The Morgan fingerprint density at radius 1 is 1.28 bits per heavy atom. The predicted molar refractivity (Wildman–Crippen MR) is 111 cm³/mol. The summed E-state index contributed by atoms with van der Waals surface area (Å²) in [5, 5.41) is 12.6. The molecule has 1 aromatic carbocycles. The fourth-order valence-electron chi connectivity index (χ4n) is 3.27. The van der Waals surface area contributed by atoms with Crippen LogP contribution in [-0.4, -0.2) is 31.4 Å². The van der Waals surface area contributed by atoms with Gasteiger partial charge in [-0.1, -0.05) is 6.07 Å². The van der Waals surface area contributed by atoms with E-state index in [1.54, 1.807) is 32.0 Å². The summed E-state index contributed by atoms with van der Waals surface area (Å²) in [5.41, 5.74) is 1.45. The van der Waals surface area contributed by atoms with Gasteiger partial charge in [-0.25, -0.2) is 13.0 Å². The van der Waals surface area contributed by atoms with Crippen molar-refractivity contribution in [2.75, 3.05) is 16.7 Å². The molecule has 2 atom stereocenters. The van der Waals surface area contributed by atoms with Crippen molar-refractivity contribution in [3.05, 3.63) is 51.6 Å². The second kappa shape index (κ2) is 8.23. The maximum Gasteiger partial charge on any atom is 0.254 e. The third-order valence-electron chi connectivity index (χ3n) is 5.16. The fraction of sp³-hybridized carbons (Fsp3) is 0.450. The van der Waals surface area contributed by atoms with E-state index in [1.807, 2.05) is 0 Å². The number of pyridine rings is 1. The van der Waals surface area contributed by atoms with Gasteiger partial charge in [-0.15, -0.1) is 0 Å². The van der Waals surface area contributed by atoms with Crippen LogP contribution >= 0.6 is 0 Å². The molecular weight excluding hydrogens is 400 g/mol. The zero-order valence-corrected chi connectivity index (χ0v) is 17.4. The van der Waals surface area contributed by atoms with E-state index in [2.05, 4.69) is 10.0 Å². The normalized spacial score (nSPS) is 16.9. The SMILES string of the molecule is Cc1ccc(Nc2c(NS(=O)C3(CC(O)CF)CC3)cc(C)c(=O)n2C)c(F)c1. The first-order valence-electron chi connectivity index (χ1n) is 9.33. The number of hydrogen-bond donors (Lipinski definition) is 3. The van der Waals surface area contributed by atoms with Gasteiger partial charge in [-0.3, -0.25) is 9.36 Å². The topological polar surface area (TPSA) is 83.4 Å². The maximum atomic E-state index is 14.3. The molecule has 0 radical (unpaired) electrons. The van der Waals surface area contributed by atoms with Crippen molar-refractivity contribution in [2.24, 2.45) is 7.05 Å². The van der Waals surface area contributed by atoms with Crippen LogP contribution in [0.5, 0.6) is 0 Å². The molecular formula is C20H25F2N3O3S. The third-order valence-corrected chi connectivity index (χ3v) is 6.93. The van der Waals surface area contributed by atoms with Gasteiger partial charge in [0.25, 0.3) is 5.56 Å². The molecule has 2 unspecified atom stereocenters. The Labute approximate surface area is 170 Å². The van der Waals surface area contributed by atoms with Crippen LogP contribution in [0.15, 0.2) is 29.1 Å². The molecule has 6 nitrogen and oxygen atoms in total.